The quantitative estimate of drug-likeness (QED) is 0.778. The van der Waals surface area contributed by atoms with Gasteiger partial charge in [-0.1, -0.05) is 32.4 Å². The molecule has 0 aromatic carbocycles. The molecule has 1 aromatic rings. The largest absolute Gasteiger partial charge is 0.361 e. The van der Waals surface area contributed by atoms with Gasteiger partial charge in [-0.25, -0.2) is 9.97 Å². The molecule has 1 aromatic heterocycles. The van der Waals surface area contributed by atoms with E-state index < -0.39 is 0 Å². The number of nitrogens with zero attached hydrogens (tertiary/aromatic N) is 2. The van der Waals surface area contributed by atoms with Crippen LogP contribution in [0.4, 0.5) is 5.82 Å². The lowest BCUT2D eigenvalue weighted by atomic mass is 10.2. The molecule has 0 saturated heterocycles. The van der Waals surface area contributed by atoms with Crippen LogP contribution in [0.5, 0.6) is 0 Å². The number of aromatic nitrogens is 2. The Hall–Kier alpha value is -1.36. The molecule has 0 bridgehead atoms. The summed E-state index contributed by atoms with van der Waals surface area (Å²) in [5, 5.41) is 6.10. The van der Waals surface area contributed by atoms with E-state index in [1.54, 1.807) is 6.07 Å². The Morgan fingerprint density at radius 1 is 1.44 bits per heavy atom. The zero-order valence-electron chi connectivity index (χ0n) is 11.0. The highest BCUT2D eigenvalue weighted by Gasteiger charge is 2.07. The first kappa shape index (κ1) is 14.7. The van der Waals surface area contributed by atoms with Gasteiger partial charge in [0.15, 0.2) is 0 Å². The Morgan fingerprint density at radius 3 is 2.78 bits per heavy atom. The molecule has 0 spiro atoms. The molecule has 0 fully saturated rings. The predicted molar refractivity (Wildman–Crippen MR) is 72.9 cm³/mol. The third-order valence-electron chi connectivity index (χ3n) is 2.23. The third-order valence-corrected chi connectivity index (χ3v) is 2.42. The van der Waals surface area contributed by atoms with E-state index in [2.05, 4.69) is 20.6 Å². The van der Waals surface area contributed by atoms with Crippen molar-refractivity contribution >= 4 is 23.3 Å². The molecule has 0 aliphatic carbocycles. The SMILES string of the molecule is CCCNC(=O)CNc1cc(Cl)nc(C(C)C)n1. The minimum absolute atomic E-state index is 0.0577. The fourth-order valence-electron chi connectivity index (χ4n) is 1.28. The molecule has 0 radical (unpaired) electrons. The van der Waals surface area contributed by atoms with Crippen LogP contribution in [-0.4, -0.2) is 29.0 Å². The fraction of sp³-hybridized carbons (Fsp3) is 0.583. The van der Waals surface area contributed by atoms with Crippen molar-refractivity contribution in [3.05, 3.63) is 17.0 Å². The third kappa shape index (κ3) is 4.87. The lowest BCUT2D eigenvalue weighted by molar-refractivity contribution is -0.119. The van der Waals surface area contributed by atoms with Crippen molar-refractivity contribution in [1.82, 2.24) is 15.3 Å². The zero-order valence-corrected chi connectivity index (χ0v) is 11.7. The number of carbonyl (C=O) groups is 1. The summed E-state index contributed by atoms with van der Waals surface area (Å²) in [6.45, 7) is 6.85. The van der Waals surface area contributed by atoms with Crippen molar-refractivity contribution in [3.8, 4) is 0 Å². The van der Waals surface area contributed by atoms with E-state index in [-0.39, 0.29) is 18.4 Å². The van der Waals surface area contributed by atoms with Gasteiger partial charge < -0.3 is 10.6 Å². The van der Waals surface area contributed by atoms with E-state index in [1.165, 1.54) is 0 Å². The second kappa shape index (κ2) is 7.16. The smallest absolute Gasteiger partial charge is 0.239 e. The number of rotatable bonds is 6. The maximum absolute atomic E-state index is 11.4. The van der Waals surface area contributed by atoms with Gasteiger partial charge in [0.2, 0.25) is 5.91 Å². The Kier molecular flexibility index (Phi) is 5.85. The summed E-state index contributed by atoms with van der Waals surface area (Å²) in [4.78, 5) is 19.9. The van der Waals surface area contributed by atoms with E-state index in [0.717, 1.165) is 6.42 Å². The van der Waals surface area contributed by atoms with E-state index in [4.69, 9.17) is 11.6 Å². The molecular weight excluding hydrogens is 252 g/mol. The topological polar surface area (TPSA) is 66.9 Å². The fourth-order valence-corrected chi connectivity index (χ4v) is 1.47. The Morgan fingerprint density at radius 2 is 2.17 bits per heavy atom. The maximum atomic E-state index is 11.4. The molecular formula is C12H19ClN4O. The number of hydrogen-bond acceptors (Lipinski definition) is 4. The normalized spacial score (nSPS) is 10.5. The molecule has 1 amide bonds. The molecule has 0 aliphatic rings. The molecule has 1 heterocycles. The average molecular weight is 271 g/mol. The van der Waals surface area contributed by atoms with Gasteiger partial charge in [-0.3, -0.25) is 4.79 Å². The molecule has 18 heavy (non-hydrogen) atoms. The van der Waals surface area contributed by atoms with Gasteiger partial charge in [0.25, 0.3) is 0 Å². The molecule has 0 saturated carbocycles. The first-order valence-corrected chi connectivity index (χ1v) is 6.45. The number of amides is 1. The van der Waals surface area contributed by atoms with Gasteiger partial charge in [0.05, 0.1) is 6.54 Å². The van der Waals surface area contributed by atoms with Crippen LogP contribution >= 0.6 is 11.6 Å². The minimum atomic E-state index is -0.0577. The van der Waals surface area contributed by atoms with Crippen molar-refractivity contribution < 1.29 is 4.79 Å². The first-order chi connectivity index (χ1) is 8.52. The van der Waals surface area contributed by atoms with Crippen LogP contribution in [0.25, 0.3) is 0 Å². The molecule has 1 rings (SSSR count). The highest BCUT2D eigenvalue weighted by molar-refractivity contribution is 6.29. The van der Waals surface area contributed by atoms with E-state index >= 15 is 0 Å². The molecule has 2 N–H and O–H groups in total. The number of carbonyl (C=O) groups excluding carboxylic acids is 1. The van der Waals surface area contributed by atoms with E-state index in [9.17, 15) is 4.79 Å². The second-order valence-corrected chi connectivity index (χ2v) is 4.68. The van der Waals surface area contributed by atoms with Crippen molar-refractivity contribution in [2.45, 2.75) is 33.1 Å². The maximum Gasteiger partial charge on any atom is 0.239 e. The summed E-state index contributed by atoms with van der Waals surface area (Å²) < 4.78 is 0. The highest BCUT2D eigenvalue weighted by atomic mass is 35.5. The molecule has 5 nitrogen and oxygen atoms in total. The first-order valence-electron chi connectivity index (χ1n) is 6.08. The predicted octanol–water partition coefficient (Wildman–Crippen LogP) is 2.19. The van der Waals surface area contributed by atoms with Crippen LogP contribution < -0.4 is 10.6 Å². The number of nitrogens with one attached hydrogen (secondary N) is 2. The van der Waals surface area contributed by atoms with Crippen LogP contribution in [0.15, 0.2) is 6.07 Å². The zero-order chi connectivity index (χ0) is 13.5. The molecule has 0 aliphatic heterocycles. The van der Waals surface area contributed by atoms with Crippen LogP contribution in [0.1, 0.15) is 38.9 Å². The van der Waals surface area contributed by atoms with Gasteiger partial charge in [-0.2, -0.15) is 0 Å². The second-order valence-electron chi connectivity index (χ2n) is 4.29. The number of anilines is 1. The summed E-state index contributed by atoms with van der Waals surface area (Å²) >= 11 is 5.90. The molecule has 6 heteroatoms. The van der Waals surface area contributed by atoms with Crippen molar-refractivity contribution in [1.29, 1.82) is 0 Å². The van der Waals surface area contributed by atoms with Crippen molar-refractivity contribution in [3.63, 3.8) is 0 Å². The number of halogens is 1. The van der Waals surface area contributed by atoms with Gasteiger partial charge >= 0.3 is 0 Å². The Balaban J connectivity index is 2.59. The van der Waals surface area contributed by atoms with Crippen LogP contribution in [0.2, 0.25) is 5.15 Å². The summed E-state index contributed by atoms with van der Waals surface area (Å²) in [7, 11) is 0. The molecule has 100 valence electrons. The van der Waals surface area contributed by atoms with Crippen LogP contribution in [0.3, 0.4) is 0 Å². The highest BCUT2D eigenvalue weighted by Crippen LogP contribution is 2.16. The summed E-state index contributed by atoms with van der Waals surface area (Å²) in [6, 6.07) is 1.61. The van der Waals surface area contributed by atoms with Crippen molar-refractivity contribution in [2.75, 3.05) is 18.4 Å². The summed E-state index contributed by atoms with van der Waals surface area (Å²) in [6.07, 6.45) is 0.919. The van der Waals surface area contributed by atoms with Gasteiger partial charge in [-0.15, -0.1) is 0 Å². The van der Waals surface area contributed by atoms with E-state index in [0.29, 0.717) is 23.3 Å². The van der Waals surface area contributed by atoms with Gasteiger partial charge in [0, 0.05) is 18.5 Å². The van der Waals surface area contributed by atoms with Crippen LogP contribution in [-0.2, 0) is 4.79 Å². The lowest BCUT2D eigenvalue weighted by Crippen LogP contribution is -2.30. The molecule has 0 atom stereocenters. The summed E-state index contributed by atoms with van der Waals surface area (Å²) in [5.41, 5.74) is 0. The minimum Gasteiger partial charge on any atom is -0.361 e. The van der Waals surface area contributed by atoms with Gasteiger partial charge in [-0.05, 0) is 6.42 Å². The Labute approximate surface area is 112 Å². The van der Waals surface area contributed by atoms with Crippen LogP contribution in [0, 0.1) is 0 Å². The number of hydrogen-bond donors (Lipinski definition) is 2. The average Bonchev–Trinajstić information content (AvgIpc) is 2.33. The summed E-state index contributed by atoms with van der Waals surface area (Å²) in [5.74, 6) is 1.38. The lowest BCUT2D eigenvalue weighted by Gasteiger charge is -2.09. The standard InChI is InChI=1S/C12H19ClN4O/c1-4-5-14-11(18)7-15-10-6-9(13)16-12(17-10)8(2)3/h6,8H,4-5,7H2,1-3H3,(H,14,18)(H,15,16,17). The van der Waals surface area contributed by atoms with E-state index in [1.807, 2.05) is 20.8 Å². The Bertz CT molecular complexity index is 409. The molecule has 0 unspecified atom stereocenters. The van der Waals surface area contributed by atoms with Crippen molar-refractivity contribution in [2.24, 2.45) is 0 Å². The monoisotopic (exact) mass is 270 g/mol. The van der Waals surface area contributed by atoms with Gasteiger partial charge in [0.1, 0.15) is 16.8 Å².